The van der Waals surface area contributed by atoms with Crippen molar-refractivity contribution in [3.05, 3.63) is 69.9 Å². The number of likely N-dealkylation sites (tertiary alicyclic amines) is 1. The van der Waals surface area contributed by atoms with Gasteiger partial charge in [-0.15, -0.1) is 0 Å². The predicted octanol–water partition coefficient (Wildman–Crippen LogP) is 3.37. The van der Waals surface area contributed by atoms with Gasteiger partial charge in [-0.1, -0.05) is 12.1 Å². The van der Waals surface area contributed by atoms with Crippen LogP contribution in [0.5, 0.6) is 0 Å². The van der Waals surface area contributed by atoms with Crippen LogP contribution in [0.25, 0.3) is 0 Å². The Balaban J connectivity index is 1.89. The van der Waals surface area contributed by atoms with Gasteiger partial charge in [0.15, 0.2) is 0 Å². The number of hydrogen-bond donors (Lipinski definition) is 0. The molecular formula is C19H21FN2O2. The van der Waals surface area contributed by atoms with E-state index in [1.165, 1.54) is 18.2 Å². The van der Waals surface area contributed by atoms with Crippen LogP contribution in [0.1, 0.15) is 48.1 Å². The van der Waals surface area contributed by atoms with Gasteiger partial charge in [-0.25, -0.2) is 4.39 Å². The maximum absolute atomic E-state index is 13.2. The van der Waals surface area contributed by atoms with E-state index in [4.69, 9.17) is 0 Å². The summed E-state index contributed by atoms with van der Waals surface area (Å²) in [5.41, 5.74) is 1.18. The zero-order chi connectivity index (χ0) is 17.1. The molecule has 0 bridgehead atoms. The summed E-state index contributed by atoms with van der Waals surface area (Å²) in [4.78, 5) is 26.7. The molecule has 1 fully saturated rings. The summed E-state index contributed by atoms with van der Waals surface area (Å²) in [5.74, 6) is -0.417. The van der Waals surface area contributed by atoms with Gasteiger partial charge in [0.1, 0.15) is 5.82 Å². The average Bonchev–Trinajstić information content (AvgIpc) is 2.62. The van der Waals surface area contributed by atoms with Crippen LogP contribution in [-0.4, -0.2) is 21.9 Å². The number of amides is 1. The van der Waals surface area contributed by atoms with Crippen molar-refractivity contribution in [3.63, 3.8) is 0 Å². The Morgan fingerprint density at radius 2 is 1.96 bits per heavy atom. The van der Waals surface area contributed by atoms with Crippen LogP contribution in [0.15, 0.2) is 47.4 Å². The molecule has 126 valence electrons. The minimum atomic E-state index is -0.282. The highest BCUT2D eigenvalue weighted by Crippen LogP contribution is 2.32. The fourth-order valence-electron chi connectivity index (χ4n) is 3.27. The van der Waals surface area contributed by atoms with Crippen LogP contribution in [0.3, 0.4) is 0 Å². The third-order valence-corrected chi connectivity index (χ3v) is 4.60. The van der Waals surface area contributed by atoms with Gasteiger partial charge in [0, 0.05) is 30.9 Å². The molecule has 2 aromatic rings. The lowest BCUT2D eigenvalue weighted by atomic mass is 9.94. The number of carbonyl (C=O) groups is 1. The lowest BCUT2D eigenvalue weighted by Gasteiger charge is -2.36. The highest BCUT2D eigenvalue weighted by Gasteiger charge is 2.28. The summed E-state index contributed by atoms with van der Waals surface area (Å²) in [7, 11) is 0. The third kappa shape index (κ3) is 3.25. The van der Waals surface area contributed by atoms with Gasteiger partial charge in [0.25, 0.3) is 11.5 Å². The Labute approximate surface area is 140 Å². The topological polar surface area (TPSA) is 42.3 Å². The van der Waals surface area contributed by atoms with Crippen molar-refractivity contribution in [3.8, 4) is 0 Å². The van der Waals surface area contributed by atoms with Gasteiger partial charge >= 0.3 is 0 Å². The molecule has 0 aliphatic carbocycles. The molecular weight excluding hydrogens is 307 g/mol. The SMILES string of the molecule is CCn1ccc(C(=O)N2CCCC[C@H]2c2ccc(F)cc2)cc1=O. The maximum Gasteiger partial charge on any atom is 0.254 e. The Kier molecular flexibility index (Phi) is 4.79. The minimum absolute atomic E-state index is 0.0690. The third-order valence-electron chi connectivity index (χ3n) is 4.60. The Hall–Kier alpha value is -2.43. The zero-order valence-corrected chi connectivity index (χ0v) is 13.7. The molecule has 0 saturated carbocycles. The number of aryl methyl sites for hydroxylation is 1. The minimum Gasteiger partial charge on any atom is -0.332 e. The van der Waals surface area contributed by atoms with E-state index in [1.807, 2.05) is 11.8 Å². The molecule has 0 unspecified atom stereocenters. The first kappa shape index (κ1) is 16.4. The molecule has 1 aliphatic rings. The average molecular weight is 328 g/mol. The van der Waals surface area contributed by atoms with Crippen LogP contribution in [0.4, 0.5) is 4.39 Å². The number of benzene rings is 1. The number of halogens is 1. The number of nitrogens with zero attached hydrogens (tertiary/aromatic N) is 2. The van der Waals surface area contributed by atoms with Crippen molar-refractivity contribution in [1.29, 1.82) is 0 Å². The van der Waals surface area contributed by atoms with Gasteiger partial charge in [-0.2, -0.15) is 0 Å². The lowest BCUT2D eigenvalue weighted by Crippen LogP contribution is -2.39. The summed E-state index contributed by atoms with van der Waals surface area (Å²) in [6.07, 6.45) is 4.48. The van der Waals surface area contributed by atoms with Crippen LogP contribution < -0.4 is 5.56 Å². The van der Waals surface area contributed by atoms with E-state index in [-0.39, 0.29) is 23.3 Å². The van der Waals surface area contributed by atoms with Gasteiger partial charge in [-0.05, 0) is 49.9 Å². The fraction of sp³-hybridized carbons (Fsp3) is 0.368. The number of carbonyl (C=O) groups excluding carboxylic acids is 1. The molecule has 1 atom stereocenters. The molecule has 2 heterocycles. The van der Waals surface area contributed by atoms with Crippen molar-refractivity contribution in [2.24, 2.45) is 0 Å². The predicted molar refractivity (Wildman–Crippen MR) is 90.4 cm³/mol. The Bertz CT molecular complexity index is 783. The quantitative estimate of drug-likeness (QED) is 0.867. The second-order valence-corrected chi connectivity index (χ2v) is 6.10. The molecule has 1 aromatic heterocycles. The van der Waals surface area contributed by atoms with Crippen molar-refractivity contribution in [2.75, 3.05) is 6.54 Å². The molecule has 1 amide bonds. The number of rotatable bonds is 3. The second-order valence-electron chi connectivity index (χ2n) is 6.10. The van der Waals surface area contributed by atoms with E-state index in [9.17, 15) is 14.0 Å². The summed E-state index contributed by atoms with van der Waals surface area (Å²) < 4.78 is 14.7. The van der Waals surface area contributed by atoms with Gasteiger partial charge in [0.2, 0.25) is 0 Å². The van der Waals surface area contributed by atoms with Crippen LogP contribution in [-0.2, 0) is 6.54 Å². The van der Waals surface area contributed by atoms with Gasteiger partial charge in [0.05, 0.1) is 6.04 Å². The summed E-state index contributed by atoms with van der Waals surface area (Å²) in [5, 5.41) is 0. The van der Waals surface area contributed by atoms with E-state index in [2.05, 4.69) is 0 Å². The number of piperidine rings is 1. The van der Waals surface area contributed by atoms with E-state index in [0.717, 1.165) is 24.8 Å². The molecule has 0 spiro atoms. The van der Waals surface area contributed by atoms with E-state index in [1.54, 1.807) is 29.0 Å². The molecule has 0 N–H and O–H groups in total. The summed E-state index contributed by atoms with van der Waals surface area (Å²) in [6.45, 7) is 3.12. The Morgan fingerprint density at radius 3 is 2.62 bits per heavy atom. The standard InChI is InChI=1S/C19H21FN2O2/c1-2-21-12-10-15(13-18(21)23)19(24)22-11-4-3-5-17(22)14-6-8-16(20)9-7-14/h6-10,12-13,17H,2-5,11H2,1H3/t17-/m0/s1. The fourth-order valence-corrected chi connectivity index (χ4v) is 3.27. The molecule has 1 aliphatic heterocycles. The molecule has 0 radical (unpaired) electrons. The number of hydrogen-bond acceptors (Lipinski definition) is 2. The monoisotopic (exact) mass is 328 g/mol. The molecule has 1 aromatic carbocycles. The highest BCUT2D eigenvalue weighted by molar-refractivity contribution is 5.94. The first-order valence-corrected chi connectivity index (χ1v) is 8.37. The summed E-state index contributed by atoms with van der Waals surface area (Å²) >= 11 is 0. The van der Waals surface area contributed by atoms with Gasteiger partial charge < -0.3 is 9.47 Å². The largest absolute Gasteiger partial charge is 0.332 e. The first-order valence-electron chi connectivity index (χ1n) is 8.37. The number of aromatic nitrogens is 1. The van der Waals surface area contributed by atoms with Gasteiger partial charge in [-0.3, -0.25) is 9.59 Å². The van der Waals surface area contributed by atoms with Crippen molar-refractivity contribution >= 4 is 5.91 Å². The van der Waals surface area contributed by atoms with Crippen molar-refractivity contribution in [2.45, 2.75) is 38.8 Å². The van der Waals surface area contributed by atoms with E-state index in [0.29, 0.717) is 18.7 Å². The maximum atomic E-state index is 13.2. The smallest absolute Gasteiger partial charge is 0.254 e. The Morgan fingerprint density at radius 1 is 1.21 bits per heavy atom. The summed E-state index contributed by atoms with van der Waals surface area (Å²) in [6, 6.07) is 9.36. The molecule has 3 rings (SSSR count). The normalized spacial score (nSPS) is 17.8. The molecule has 24 heavy (non-hydrogen) atoms. The number of pyridine rings is 1. The first-order chi connectivity index (χ1) is 11.6. The van der Waals surface area contributed by atoms with Crippen molar-refractivity contribution in [1.82, 2.24) is 9.47 Å². The van der Waals surface area contributed by atoms with Crippen LogP contribution >= 0.6 is 0 Å². The van der Waals surface area contributed by atoms with E-state index >= 15 is 0 Å². The van der Waals surface area contributed by atoms with E-state index < -0.39 is 0 Å². The zero-order valence-electron chi connectivity index (χ0n) is 13.7. The highest BCUT2D eigenvalue weighted by atomic mass is 19.1. The van der Waals surface area contributed by atoms with Crippen LogP contribution in [0.2, 0.25) is 0 Å². The van der Waals surface area contributed by atoms with Crippen molar-refractivity contribution < 1.29 is 9.18 Å². The molecule has 4 nitrogen and oxygen atoms in total. The lowest BCUT2D eigenvalue weighted by molar-refractivity contribution is 0.0611. The second kappa shape index (κ2) is 6.99. The molecule has 1 saturated heterocycles. The van der Waals surface area contributed by atoms with Crippen LogP contribution in [0, 0.1) is 5.82 Å². The molecule has 5 heteroatoms.